The Kier molecular flexibility index (Phi) is 6.33. The number of rotatable bonds is 8. The zero-order valence-electron chi connectivity index (χ0n) is 12.1. The van der Waals surface area contributed by atoms with Crippen molar-refractivity contribution in [3.8, 4) is 0 Å². The highest BCUT2D eigenvalue weighted by atomic mass is 16.4. The Morgan fingerprint density at radius 3 is 2.79 bits per heavy atom. The Labute approximate surface area is 115 Å². The zero-order chi connectivity index (χ0) is 14.3. The number of carboxylic acid groups (broad SMARTS) is 1. The second-order valence-electron chi connectivity index (χ2n) is 5.07. The minimum Gasteiger partial charge on any atom is -0.478 e. The number of aryl methyl sites for hydroxylation is 1. The Morgan fingerprint density at radius 1 is 1.42 bits per heavy atom. The lowest BCUT2D eigenvalue weighted by molar-refractivity contribution is 0.0697. The van der Waals surface area contributed by atoms with Gasteiger partial charge in [-0.1, -0.05) is 32.6 Å². The number of pyridine rings is 1. The minimum absolute atomic E-state index is 0.242. The third-order valence-electron chi connectivity index (χ3n) is 3.16. The van der Waals surface area contributed by atoms with Gasteiger partial charge < -0.3 is 10.4 Å². The van der Waals surface area contributed by atoms with Crippen LogP contribution in [0.2, 0.25) is 0 Å². The molecule has 1 rings (SSSR count). The average Bonchev–Trinajstić information content (AvgIpc) is 2.34. The molecule has 0 aliphatic rings. The van der Waals surface area contributed by atoms with Crippen molar-refractivity contribution in [2.45, 2.75) is 58.9 Å². The molecule has 2 N–H and O–H groups in total. The van der Waals surface area contributed by atoms with Crippen LogP contribution in [0.15, 0.2) is 12.3 Å². The summed E-state index contributed by atoms with van der Waals surface area (Å²) in [6, 6.07) is 2.07. The van der Waals surface area contributed by atoms with Crippen molar-refractivity contribution >= 4 is 11.7 Å². The van der Waals surface area contributed by atoms with Crippen LogP contribution in [0.25, 0.3) is 0 Å². The molecule has 0 aromatic carbocycles. The van der Waals surface area contributed by atoms with Gasteiger partial charge in [-0.05, 0) is 26.3 Å². The van der Waals surface area contributed by atoms with Gasteiger partial charge in [-0.3, -0.25) is 4.98 Å². The normalized spacial score (nSPS) is 12.2. The number of carbonyl (C=O) groups is 1. The van der Waals surface area contributed by atoms with Gasteiger partial charge in [-0.15, -0.1) is 0 Å². The predicted molar refractivity (Wildman–Crippen MR) is 77.8 cm³/mol. The zero-order valence-corrected chi connectivity index (χ0v) is 12.1. The van der Waals surface area contributed by atoms with Gasteiger partial charge in [0.1, 0.15) is 5.56 Å². The van der Waals surface area contributed by atoms with E-state index in [1.165, 1.54) is 31.9 Å². The van der Waals surface area contributed by atoms with Crippen LogP contribution < -0.4 is 5.32 Å². The van der Waals surface area contributed by atoms with Crippen LogP contribution in [0, 0.1) is 6.92 Å². The molecule has 1 atom stereocenters. The molecule has 0 spiro atoms. The molecule has 0 aliphatic heterocycles. The fourth-order valence-electron chi connectivity index (χ4n) is 2.06. The first-order chi connectivity index (χ1) is 9.04. The van der Waals surface area contributed by atoms with E-state index < -0.39 is 5.97 Å². The monoisotopic (exact) mass is 264 g/mol. The molecule has 106 valence electrons. The number of anilines is 1. The summed E-state index contributed by atoms with van der Waals surface area (Å²) in [5.41, 5.74) is 1.74. The van der Waals surface area contributed by atoms with Crippen LogP contribution >= 0.6 is 0 Å². The van der Waals surface area contributed by atoms with Gasteiger partial charge in [0.25, 0.3) is 0 Å². The standard InChI is InChI=1S/C15H24N2O2/c1-4-5-6-7-8-11(2)17-14-9-12(3)16-10-13(14)15(18)19/h9-11H,4-8H2,1-3H3,(H,16,17)(H,18,19). The SMILES string of the molecule is CCCCCCC(C)Nc1cc(C)ncc1C(=O)O. The van der Waals surface area contributed by atoms with Crippen LogP contribution in [0.5, 0.6) is 0 Å². The molecule has 1 heterocycles. The molecular weight excluding hydrogens is 240 g/mol. The first-order valence-electron chi connectivity index (χ1n) is 7.01. The van der Waals surface area contributed by atoms with Crippen LogP contribution in [-0.2, 0) is 0 Å². The lowest BCUT2D eigenvalue weighted by Crippen LogP contribution is -2.17. The van der Waals surface area contributed by atoms with Crippen molar-refractivity contribution in [3.63, 3.8) is 0 Å². The lowest BCUT2D eigenvalue weighted by Gasteiger charge is -2.17. The molecule has 0 aliphatic carbocycles. The fraction of sp³-hybridized carbons (Fsp3) is 0.600. The number of carboxylic acids is 1. The molecule has 19 heavy (non-hydrogen) atoms. The van der Waals surface area contributed by atoms with Crippen molar-refractivity contribution in [2.24, 2.45) is 0 Å². The highest BCUT2D eigenvalue weighted by Gasteiger charge is 2.12. The number of nitrogens with one attached hydrogen (secondary N) is 1. The third kappa shape index (κ3) is 5.28. The van der Waals surface area contributed by atoms with Gasteiger partial charge in [-0.25, -0.2) is 4.79 Å². The number of hydrogen-bond acceptors (Lipinski definition) is 3. The van der Waals surface area contributed by atoms with Gasteiger partial charge in [-0.2, -0.15) is 0 Å². The molecule has 4 heteroatoms. The van der Waals surface area contributed by atoms with Gasteiger partial charge in [0.15, 0.2) is 0 Å². The molecule has 1 aromatic rings. The topological polar surface area (TPSA) is 62.2 Å². The molecule has 0 amide bonds. The Balaban J connectivity index is 2.60. The summed E-state index contributed by atoms with van der Waals surface area (Å²) in [5.74, 6) is -0.937. The van der Waals surface area contributed by atoms with E-state index in [1.54, 1.807) is 6.07 Å². The van der Waals surface area contributed by atoms with Gasteiger partial charge in [0.2, 0.25) is 0 Å². The second-order valence-corrected chi connectivity index (χ2v) is 5.07. The van der Waals surface area contributed by atoms with E-state index in [-0.39, 0.29) is 11.6 Å². The van der Waals surface area contributed by atoms with E-state index in [9.17, 15) is 4.79 Å². The summed E-state index contributed by atoms with van der Waals surface area (Å²) < 4.78 is 0. The Bertz CT molecular complexity index is 419. The molecule has 1 unspecified atom stereocenters. The first kappa shape index (κ1) is 15.5. The predicted octanol–water partition coefficient (Wildman–Crippen LogP) is 3.86. The van der Waals surface area contributed by atoms with Crippen LogP contribution in [0.4, 0.5) is 5.69 Å². The van der Waals surface area contributed by atoms with Crippen molar-refractivity contribution in [1.29, 1.82) is 0 Å². The fourth-order valence-corrected chi connectivity index (χ4v) is 2.06. The molecule has 4 nitrogen and oxygen atoms in total. The summed E-state index contributed by atoms with van der Waals surface area (Å²) in [6.45, 7) is 6.15. The second kappa shape index (κ2) is 7.77. The quantitative estimate of drug-likeness (QED) is 0.700. The molecular formula is C15H24N2O2. The van der Waals surface area contributed by atoms with E-state index in [0.717, 1.165) is 12.1 Å². The van der Waals surface area contributed by atoms with E-state index >= 15 is 0 Å². The number of aromatic nitrogens is 1. The highest BCUT2D eigenvalue weighted by Crippen LogP contribution is 2.18. The van der Waals surface area contributed by atoms with Crippen molar-refractivity contribution in [2.75, 3.05) is 5.32 Å². The summed E-state index contributed by atoms with van der Waals surface area (Å²) in [5, 5.41) is 12.4. The minimum atomic E-state index is -0.937. The van der Waals surface area contributed by atoms with Crippen LogP contribution in [0.1, 0.15) is 62.0 Å². The van der Waals surface area contributed by atoms with E-state index in [2.05, 4.69) is 24.1 Å². The number of unbranched alkanes of at least 4 members (excludes halogenated alkanes) is 3. The van der Waals surface area contributed by atoms with Gasteiger partial charge in [0, 0.05) is 17.9 Å². The largest absolute Gasteiger partial charge is 0.478 e. The molecule has 1 aromatic heterocycles. The first-order valence-corrected chi connectivity index (χ1v) is 7.01. The maximum absolute atomic E-state index is 11.1. The molecule has 0 bridgehead atoms. The maximum atomic E-state index is 11.1. The third-order valence-corrected chi connectivity index (χ3v) is 3.16. The smallest absolute Gasteiger partial charge is 0.339 e. The summed E-state index contributed by atoms with van der Waals surface area (Å²) >= 11 is 0. The highest BCUT2D eigenvalue weighted by molar-refractivity contribution is 5.93. The van der Waals surface area contributed by atoms with Crippen LogP contribution in [-0.4, -0.2) is 22.1 Å². The molecule has 0 saturated carbocycles. The number of aromatic carboxylic acids is 1. The van der Waals surface area contributed by atoms with Gasteiger partial charge >= 0.3 is 5.97 Å². The van der Waals surface area contributed by atoms with Crippen LogP contribution in [0.3, 0.4) is 0 Å². The van der Waals surface area contributed by atoms with E-state index in [4.69, 9.17) is 5.11 Å². The Morgan fingerprint density at radius 2 is 2.16 bits per heavy atom. The average molecular weight is 264 g/mol. The number of nitrogens with zero attached hydrogens (tertiary/aromatic N) is 1. The van der Waals surface area contributed by atoms with E-state index in [1.807, 2.05) is 6.92 Å². The van der Waals surface area contributed by atoms with Crippen molar-refractivity contribution in [3.05, 3.63) is 23.5 Å². The molecule has 0 saturated heterocycles. The summed E-state index contributed by atoms with van der Waals surface area (Å²) in [7, 11) is 0. The Hall–Kier alpha value is -1.58. The molecule has 0 radical (unpaired) electrons. The molecule has 0 fully saturated rings. The maximum Gasteiger partial charge on any atom is 0.339 e. The van der Waals surface area contributed by atoms with Crippen molar-refractivity contribution in [1.82, 2.24) is 4.98 Å². The number of hydrogen-bond donors (Lipinski definition) is 2. The van der Waals surface area contributed by atoms with E-state index in [0.29, 0.717) is 5.69 Å². The van der Waals surface area contributed by atoms with Gasteiger partial charge in [0.05, 0.1) is 5.69 Å². The summed E-state index contributed by atoms with van der Waals surface area (Å²) in [6.07, 6.45) is 7.39. The lowest BCUT2D eigenvalue weighted by atomic mass is 10.1. The summed E-state index contributed by atoms with van der Waals surface area (Å²) in [4.78, 5) is 15.2. The van der Waals surface area contributed by atoms with Crippen molar-refractivity contribution < 1.29 is 9.90 Å².